The Morgan fingerprint density at radius 2 is 1.84 bits per heavy atom. The standard InChI is InChI=1S/C28H31N5O5/c1-3-31(28(35)21-8-10-24-25(17-21)38-19-37-24)18-27(34)33-13-5-12-32(14-15-33)26-11-9-23(29-30-26)20-6-4-7-22(16-20)36-2/h4,6-11,16-17H,3,5,12-15,18-19H2,1-2H3. The van der Waals surface area contributed by atoms with Gasteiger partial charge in [0.25, 0.3) is 5.91 Å². The Labute approximate surface area is 221 Å². The number of fused-ring (bicyclic) bond motifs is 1. The van der Waals surface area contributed by atoms with Gasteiger partial charge in [-0.05, 0) is 55.8 Å². The van der Waals surface area contributed by atoms with Crippen molar-refractivity contribution >= 4 is 17.6 Å². The van der Waals surface area contributed by atoms with Crippen LogP contribution in [0.15, 0.2) is 54.6 Å². The smallest absolute Gasteiger partial charge is 0.254 e. The predicted octanol–water partition coefficient (Wildman–Crippen LogP) is 3.08. The fraction of sp³-hybridized carbons (Fsp3) is 0.357. The molecule has 38 heavy (non-hydrogen) atoms. The van der Waals surface area contributed by atoms with E-state index in [4.69, 9.17) is 14.2 Å². The van der Waals surface area contributed by atoms with Crippen molar-refractivity contribution in [3.63, 3.8) is 0 Å². The number of ether oxygens (including phenoxy) is 3. The third-order valence-electron chi connectivity index (χ3n) is 6.80. The fourth-order valence-corrected chi connectivity index (χ4v) is 4.63. The molecule has 0 unspecified atom stereocenters. The molecule has 2 aromatic carbocycles. The van der Waals surface area contributed by atoms with Crippen LogP contribution < -0.4 is 19.1 Å². The number of hydrogen-bond donors (Lipinski definition) is 0. The number of likely N-dealkylation sites (N-methyl/N-ethyl adjacent to an activating group) is 1. The number of methoxy groups -OCH3 is 1. The summed E-state index contributed by atoms with van der Waals surface area (Å²) in [6.07, 6.45) is 0.799. The molecule has 0 saturated carbocycles. The molecule has 2 amide bonds. The number of carbonyl (C=O) groups excluding carboxylic acids is 2. The summed E-state index contributed by atoms with van der Waals surface area (Å²) in [5.41, 5.74) is 2.18. The fourth-order valence-electron chi connectivity index (χ4n) is 4.63. The van der Waals surface area contributed by atoms with Crippen LogP contribution >= 0.6 is 0 Å². The van der Waals surface area contributed by atoms with Gasteiger partial charge in [0.05, 0.1) is 12.8 Å². The van der Waals surface area contributed by atoms with Crippen molar-refractivity contribution in [1.82, 2.24) is 20.0 Å². The average Bonchev–Trinajstić information content (AvgIpc) is 3.30. The number of aromatic nitrogens is 2. The molecule has 3 heterocycles. The van der Waals surface area contributed by atoms with Crippen LogP contribution in [0.3, 0.4) is 0 Å². The molecular formula is C28H31N5O5. The van der Waals surface area contributed by atoms with E-state index in [1.165, 1.54) is 0 Å². The zero-order valence-corrected chi connectivity index (χ0v) is 21.6. The van der Waals surface area contributed by atoms with Gasteiger partial charge in [0.2, 0.25) is 12.7 Å². The molecule has 0 radical (unpaired) electrons. The van der Waals surface area contributed by atoms with Crippen LogP contribution in [0, 0.1) is 0 Å². The van der Waals surface area contributed by atoms with Crippen LogP contribution in [0.2, 0.25) is 0 Å². The number of benzene rings is 2. The molecular weight excluding hydrogens is 486 g/mol. The number of nitrogens with zero attached hydrogens (tertiary/aromatic N) is 5. The normalized spacial score (nSPS) is 14.7. The largest absolute Gasteiger partial charge is 0.497 e. The van der Waals surface area contributed by atoms with Crippen molar-refractivity contribution < 1.29 is 23.8 Å². The van der Waals surface area contributed by atoms with E-state index in [0.29, 0.717) is 43.2 Å². The van der Waals surface area contributed by atoms with Gasteiger partial charge in [-0.15, -0.1) is 10.2 Å². The van der Waals surface area contributed by atoms with Crippen LogP contribution in [0.5, 0.6) is 17.2 Å². The number of anilines is 1. The van der Waals surface area contributed by atoms with E-state index in [9.17, 15) is 9.59 Å². The van der Waals surface area contributed by atoms with Gasteiger partial charge < -0.3 is 28.9 Å². The van der Waals surface area contributed by atoms with Crippen LogP contribution in [-0.2, 0) is 4.79 Å². The molecule has 1 aromatic heterocycles. The lowest BCUT2D eigenvalue weighted by Gasteiger charge is -2.26. The lowest BCUT2D eigenvalue weighted by molar-refractivity contribution is -0.131. The molecule has 0 atom stereocenters. The molecule has 10 heteroatoms. The van der Waals surface area contributed by atoms with Crippen molar-refractivity contribution in [2.24, 2.45) is 0 Å². The molecule has 5 rings (SSSR count). The summed E-state index contributed by atoms with van der Waals surface area (Å²) in [5, 5.41) is 8.86. The number of carbonyl (C=O) groups is 2. The minimum absolute atomic E-state index is 0.0266. The average molecular weight is 518 g/mol. The van der Waals surface area contributed by atoms with E-state index >= 15 is 0 Å². The van der Waals surface area contributed by atoms with Gasteiger partial charge in [-0.2, -0.15) is 0 Å². The summed E-state index contributed by atoms with van der Waals surface area (Å²) >= 11 is 0. The first-order chi connectivity index (χ1) is 18.6. The van der Waals surface area contributed by atoms with Gasteiger partial charge in [0, 0.05) is 43.9 Å². The second-order valence-corrected chi connectivity index (χ2v) is 9.12. The molecule has 2 aliphatic rings. The SMILES string of the molecule is CCN(CC(=O)N1CCCN(c2ccc(-c3cccc(OC)c3)nn2)CC1)C(=O)c1ccc2c(c1)OCO2. The topological polar surface area (TPSA) is 97.3 Å². The van der Waals surface area contributed by atoms with Crippen LogP contribution in [-0.4, -0.2) is 85.0 Å². The molecule has 0 aliphatic carbocycles. The Morgan fingerprint density at radius 1 is 0.974 bits per heavy atom. The van der Waals surface area contributed by atoms with Gasteiger partial charge in [0.15, 0.2) is 17.3 Å². The number of rotatable bonds is 7. The summed E-state index contributed by atoms with van der Waals surface area (Å²) in [6, 6.07) is 16.7. The second-order valence-electron chi connectivity index (χ2n) is 9.12. The lowest BCUT2D eigenvalue weighted by atomic mass is 10.1. The minimum atomic E-state index is -0.206. The molecule has 1 fully saturated rings. The summed E-state index contributed by atoms with van der Waals surface area (Å²) in [5.74, 6) is 2.44. The van der Waals surface area contributed by atoms with Crippen LogP contribution in [0.25, 0.3) is 11.3 Å². The summed E-state index contributed by atoms with van der Waals surface area (Å²) < 4.78 is 16.0. The van der Waals surface area contributed by atoms with Crippen LogP contribution in [0.1, 0.15) is 23.7 Å². The third-order valence-corrected chi connectivity index (χ3v) is 6.80. The Bertz CT molecular complexity index is 1300. The molecule has 0 bridgehead atoms. The number of amides is 2. The zero-order valence-electron chi connectivity index (χ0n) is 21.6. The van der Waals surface area contributed by atoms with Gasteiger partial charge in [-0.25, -0.2) is 0 Å². The summed E-state index contributed by atoms with van der Waals surface area (Å²) in [7, 11) is 1.64. The highest BCUT2D eigenvalue weighted by Crippen LogP contribution is 2.33. The Kier molecular flexibility index (Phi) is 7.57. The van der Waals surface area contributed by atoms with E-state index in [-0.39, 0.29) is 25.2 Å². The molecule has 3 aromatic rings. The van der Waals surface area contributed by atoms with Gasteiger partial charge in [0.1, 0.15) is 12.3 Å². The van der Waals surface area contributed by atoms with Crippen molar-refractivity contribution in [3.05, 3.63) is 60.2 Å². The maximum Gasteiger partial charge on any atom is 0.254 e. The highest BCUT2D eigenvalue weighted by molar-refractivity contribution is 5.97. The molecule has 1 saturated heterocycles. The van der Waals surface area contributed by atoms with Gasteiger partial charge in [-0.1, -0.05) is 12.1 Å². The van der Waals surface area contributed by atoms with E-state index in [2.05, 4.69) is 15.1 Å². The molecule has 198 valence electrons. The van der Waals surface area contributed by atoms with Crippen molar-refractivity contribution in [2.75, 3.05) is 58.1 Å². The van der Waals surface area contributed by atoms with Crippen LogP contribution in [0.4, 0.5) is 5.82 Å². The number of hydrogen-bond acceptors (Lipinski definition) is 8. The van der Waals surface area contributed by atoms with Gasteiger partial charge >= 0.3 is 0 Å². The molecule has 0 N–H and O–H groups in total. The Hall–Kier alpha value is -4.34. The Balaban J connectivity index is 1.19. The molecule has 0 spiro atoms. The van der Waals surface area contributed by atoms with Gasteiger partial charge in [-0.3, -0.25) is 9.59 Å². The third kappa shape index (κ3) is 5.49. The van der Waals surface area contributed by atoms with E-state index in [1.807, 2.05) is 48.2 Å². The maximum atomic E-state index is 13.2. The highest BCUT2D eigenvalue weighted by Gasteiger charge is 2.25. The monoisotopic (exact) mass is 517 g/mol. The maximum absolute atomic E-state index is 13.2. The first-order valence-corrected chi connectivity index (χ1v) is 12.8. The zero-order chi connectivity index (χ0) is 26.5. The first-order valence-electron chi connectivity index (χ1n) is 12.8. The van der Waals surface area contributed by atoms with E-state index in [0.717, 1.165) is 35.8 Å². The van der Waals surface area contributed by atoms with Crippen molar-refractivity contribution in [1.29, 1.82) is 0 Å². The summed E-state index contributed by atoms with van der Waals surface area (Å²) in [6.45, 7) is 5.05. The van der Waals surface area contributed by atoms with E-state index in [1.54, 1.807) is 30.2 Å². The quantitative estimate of drug-likeness (QED) is 0.472. The Morgan fingerprint density at radius 3 is 2.63 bits per heavy atom. The van der Waals surface area contributed by atoms with Crippen molar-refractivity contribution in [3.8, 4) is 28.5 Å². The lowest BCUT2D eigenvalue weighted by Crippen LogP contribution is -2.44. The van der Waals surface area contributed by atoms with Crippen molar-refractivity contribution in [2.45, 2.75) is 13.3 Å². The highest BCUT2D eigenvalue weighted by atomic mass is 16.7. The molecule has 2 aliphatic heterocycles. The predicted molar refractivity (Wildman–Crippen MR) is 142 cm³/mol. The van der Waals surface area contributed by atoms with E-state index < -0.39 is 0 Å². The second kappa shape index (κ2) is 11.4. The first kappa shape index (κ1) is 25.3. The summed E-state index contributed by atoms with van der Waals surface area (Å²) in [4.78, 5) is 31.8. The minimum Gasteiger partial charge on any atom is -0.497 e. The molecule has 10 nitrogen and oxygen atoms in total.